The minimum Gasteiger partial charge on any atom is -0.342 e. The molecule has 1 aromatic rings. The molecule has 1 aromatic carbocycles. The number of carbonyl (C=O) groups is 2. The van der Waals surface area contributed by atoms with E-state index in [-0.39, 0.29) is 23.5 Å². The standard InChI is InChI=1S/C20H25FN2O2/c21-17-7-5-16(6-8-17)20(9-10-20)19(25)23-13-3-4-15(14-23)18(24)22-11-1-2-12-22/h5-8,15H,1-4,9-14H2/t15-/m1/s1. The van der Waals surface area contributed by atoms with Crippen molar-refractivity contribution in [2.24, 2.45) is 5.92 Å². The molecule has 0 N–H and O–H groups in total. The van der Waals surface area contributed by atoms with E-state index >= 15 is 0 Å². The summed E-state index contributed by atoms with van der Waals surface area (Å²) in [5, 5.41) is 0. The van der Waals surface area contributed by atoms with Crippen LogP contribution in [0.1, 0.15) is 44.1 Å². The summed E-state index contributed by atoms with van der Waals surface area (Å²) in [5.74, 6) is 0.0146. The quantitative estimate of drug-likeness (QED) is 0.846. The molecule has 3 aliphatic rings. The van der Waals surface area contributed by atoms with Crippen molar-refractivity contribution in [3.8, 4) is 0 Å². The molecule has 0 bridgehead atoms. The second-order valence-corrected chi connectivity index (χ2v) is 7.71. The summed E-state index contributed by atoms with van der Waals surface area (Å²) in [6.07, 6.45) is 5.58. The van der Waals surface area contributed by atoms with Gasteiger partial charge in [-0.1, -0.05) is 12.1 Å². The lowest BCUT2D eigenvalue weighted by Crippen LogP contribution is -2.49. The maximum atomic E-state index is 13.2. The van der Waals surface area contributed by atoms with Gasteiger partial charge in [-0.3, -0.25) is 9.59 Å². The minimum atomic E-state index is -0.480. The summed E-state index contributed by atoms with van der Waals surface area (Å²) in [6.45, 7) is 2.99. The van der Waals surface area contributed by atoms with E-state index in [0.29, 0.717) is 6.54 Å². The molecule has 1 atom stereocenters. The number of benzene rings is 1. The molecule has 1 saturated carbocycles. The van der Waals surface area contributed by atoms with E-state index in [2.05, 4.69) is 0 Å². The zero-order valence-corrected chi connectivity index (χ0v) is 14.5. The molecule has 0 spiro atoms. The fourth-order valence-electron chi connectivity index (χ4n) is 4.38. The van der Waals surface area contributed by atoms with Gasteiger partial charge in [-0.2, -0.15) is 0 Å². The molecule has 2 saturated heterocycles. The number of hydrogen-bond donors (Lipinski definition) is 0. The van der Waals surface area contributed by atoms with Crippen molar-refractivity contribution in [1.82, 2.24) is 9.80 Å². The van der Waals surface area contributed by atoms with Crippen molar-refractivity contribution in [3.63, 3.8) is 0 Å². The number of nitrogens with zero attached hydrogens (tertiary/aromatic N) is 2. The van der Waals surface area contributed by atoms with Crippen LogP contribution < -0.4 is 0 Å². The van der Waals surface area contributed by atoms with Crippen LogP contribution in [0.3, 0.4) is 0 Å². The van der Waals surface area contributed by atoms with Gasteiger partial charge in [0.2, 0.25) is 11.8 Å². The van der Waals surface area contributed by atoms with E-state index in [1.807, 2.05) is 9.80 Å². The lowest BCUT2D eigenvalue weighted by Gasteiger charge is -2.36. The molecule has 0 radical (unpaired) electrons. The van der Waals surface area contributed by atoms with E-state index in [4.69, 9.17) is 0 Å². The Morgan fingerprint density at radius 2 is 1.60 bits per heavy atom. The number of rotatable bonds is 3. The van der Waals surface area contributed by atoms with Gasteiger partial charge in [0.25, 0.3) is 0 Å². The van der Waals surface area contributed by atoms with Crippen LogP contribution in [0.15, 0.2) is 24.3 Å². The number of likely N-dealkylation sites (tertiary alicyclic amines) is 2. The van der Waals surface area contributed by atoms with Gasteiger partial charge in [-0.05, 0) is 56.2 Å². The molecule has 4 nitrogen and oxygen atoms in total. The minimum absolute atomic E-state index is 0.0557. The van der Waals surface area contributed by atoms with Crippen molar-refractivity contribution < 1.29 is 14.0 Å². The topological polar surface area (TPSA) is 40.6 Å². The van der Waals surface area contributed by atoms with Crippen molar-refractivity contribution in [2.75, 3.05) is 26.2 Å². The highest BCUT2D eigenvalue weighted by molar-refractivity contribution is 5.92. The van der Waals surface area contributed by atoms with Gasteiger partial charge >= 0.3 is 0 Å². The molecule has 134 valence electrons. The van der Waals surface area contributed by atoms with Crippen LogP contribution in [0.25, 0.3) is 0 Å². The fraction of sp³-hybridized carbons (Fsp3) is 0.600. The third kappa shape index (κ3) is 3.05. The van der Waals surface area contributed by atoms with E-state index in [1.165, 1.54) is 12.1 Å². The van der Waals surface area contributed by atoms with Crippen molar-refractivity contribution in [2.45, 2.75) is 43.9 Å². The Hall–Kier alpha value is -1.91. The number of piperidine rings is 1. The van der Waals surface area contributed by atoms with Gasteiger partial charge in [0.05, 0.1) is 11.3 Å². The maximum absolute atomic E-state index is 13.2. The predicted octanol–water partition coefficient (Wildman–Crippen LogP) is 2.72. The molecular formula is C20H25FN2O2. The molecular weight excluding hydrogens is 319 g/mol. The molecule has 1 aliphatic carbocycles. The molecule has 25 heavy (non-hydrogen) atoms. The summed E-state index contributed by atoms with van der Waals surface area (Å²) in [4.78, 5) is 29.7. The second-order valence-electron chi connectivity index (χ2n) is 7.71. The Morgan fingerprint density at radius 1 is 0.960 bits per heavy atom. The van der Waals surface area contributed by atoms with Crippen LogP contribution in [0.5, 0.6) is 0 Å². The van der Waals surface area contributed by atoms with Gasteiger partial charge in [0.15, 0.2) is 0 Å². The Bertz CT molecular complexity index is 663. The highest BCUT2D eigenvalue weighted by Gasteiger charge is 2.53. The van der Waals surface area contributed by atoms with Crippen LogP contribution in [-0.4, -0.2) is 47.8 Å². The zero-order valence-electron chi connectivity index (χ0n) is 14.5. The molecule has 2 aliphatic heterocycles. The van der Waals surface area contributed by atoms with E-state index in [9.17, 15) is 14.0 Å². The number of carbonyl (C=O) groups excluding carboxylic acids is 2. The Labute approximate surface area is 148 Å². The third-order valence-corrected chi connectivity index (χ3v) is 6.03. The molecule has 3 fully saturated rings. The van der Waals surface area contributed by atoms with Crippen LogP contribution in [0.2, 0.25) is 0 Å². The van der Waals surface area contributed by atoms with E-state index in [1.54, 1.807) is 12.1 Å². The van der Waals surface area contributed by atoms with Crippen molar-refractivity contribution in [3.05, 3.63) is 35.6 Å². The van der Waals surface area contributed by atoms with Crippen LogP contribution in [0, 0.1) is 11.7 Å². The zero-order chi connectivity index (χ0) is 17.4. The second kappa shape index (κ2) is 6.43. The molecule has 0 unspecified atom stereocenters. The first-order valence-electron chi connectivity index (χ1n) is 9.44. The summed E-state index contributed by atoms with van der Waals surface area (Å²) in [5.41, 5.74) is 0.429. The van der Waals surface area contributed by atoms with Crippen LogP contribution >= 0.6 is 0 Å². The van der Waals surface area contributed by atoms with Gasteiger partial charge in [0.1, 0.15) is 5.82 Å². The van der Waals surface area contributed by atoms with E-state index in [0.717, 1.165) is 63.7 Å². The number of hydrogen-bond acceptors (Lipinski definition) is 2. The SMILES string of the molecule is O=C([C@@H]1CCCN(C(=O)C2(c3ccc(F)cc3)CC2)C1)N1CCCC1. The van der Waals surface area contributed by atoms with Crippen LogP contribution in [-0.2, 0) is 15.0 Å². The summed E-state index contributed by atoms with van der Waals surface area (Å²) in [7, 11) is 0. The molecule has 2 amide bonds. The van der Waals surface area contributed by atoms with Gasteiger partial charge in [0, 0.05) is 26.2 Å². The summed E-state index contributed by atoms with van der Waals surface area (Å²) in [6, 6.07) is 6.32. The molecule has 2 heterocycles. The van der Waals surface area contributed by atoms with Crippen molar-refractivity contribution >= 4 is 11.8 Å². The maximum Gasteiger partial charge on any atom is 0.233 e. The van der Waals surface area contributed by atoms with Crippen molar-refractivity contribution in [1.29, 1.82) is 0 Å². The highest BCUT2D eigenvalue weighted by atomic mass is 19.1. The smallest absolute Gasteiger partial charge is 0.233 e. The predicted molar refractivity (Wildman–Crippen MR) is 92.4 cm³/mol. The monoisotopic (exact) mass is 344 g/mol. The summed E-state index contributed by atoms with van der Waals surface area (Å²) < 4.78 is 13.2. The normalized spacial score (nSPS) is 25.1. The fourth-order valence-corrected chi connectivity index (χ4v) is 4.38. The molecule has 4 rings (SSSR count). The first-order chi connectivity index (χ1) is 12.1. The summed E-state index contributed by atoms with van der Waals surface area (Å²) >= 11 is 0. The molecule has 0 aromatic heterocycles. The van der Waals surface area contributed by atoms with Gasteiger partial charge < -0.3 is 9.80 Å². The average Bonchev–Trinajstić information content (AvgIpc) is 3.27. The molecule has 5 heteroatoms. The Balaban J connectivity index is 1.46. The first-order valence-corrected chi connectivity index (χ1v) is 9.44. The van der Waals surface area contributed by atoms with Gasteiger partial charge in [-0.25, -0.2) is 4.39 Å². The van der Waals surface area contributed by atoms with E-state index < -0.39 is 5.41 Å². The lowest BCUT2D eigenvalue weighted by atomic mass is 9.91. The number of amides is 2. The number of halogens is 1. The third-order valence-electron chi connectivity index (χ3n) is 6.03. The average molecular weight is 344 g/mol. The van der Waals surface area contributed by atoms with Crippen LogP contribution in [0.4, 0.5) is 4.39 Å². The lowest BCUT2D eigenvalue weighted by molar-refractivity contribution is -0.141. The first kappa shape index (κ1) is 16.6. The highest BCUT2D eigenvalue weighted by Crippen LogP contribution is 2.50. The Morgan fingerprint density at radius 3 is 2.24 bits per heavy atom. The Kier molecular flexibility index (Phi) is 4.26. The largest absolute Gasteiger partial charge is 0.342 e. The van der Waals surface area contributed by atoms with Gasteiger partial charge in [-0.15, -0.1) is 0 Å².